The Balaban J connectivity index is 1.72. The van der Waals surface area contributed by atoms with Crippen LogP contribution in [-0.4, -0.2) is 59.7 Å². The van der Waals surface area contributed by atoms with Crippen molar-refractivity contribution in [2.45, 2.75) is 23.7 Å². The molecule has 42 heavy (non-hydrogen) atoms. The van der Waals surface area contributed by atoms with Crippen LogP contribution in [0.4, 0.5) is 18.9 Å². The van der Waals surface area contributed by atoms with Crippen molar-refractivity contribution in [1.82, 2.24) is 14.2 Å². The van der Waals surface area contributed by atoms with E-state index in [9.17, 15) is 27.9 Å². The van der Waals surface area contributed by atoms with E-state index in [4.69, 9.17) is 0 Å². The van der Waals surface area contributed by atoms with E-state index in [2.05, 4.69) is 5.32 Å². The molecule has 2 aliphatic heterocycles. The second kappa shape index (κ2) is 11.1. The van der Waals surface area contributed by atoms with Crippen molar-refractivity contribution in [2.24, 2.45) is 0 Å². The number of hydrogen-bond donors (Lipinski definition) is 2. The highest BCUT2D eigenvalue weighted by molar-refractivity contribution is 7.97. The van der Waals surface area contributed by atoms with E-state index >= 15 is 0 Å². The van der Waals surface area contributed by atoms with Gasteiger partial charge in [0.15, 0.2) is 0 Å². The van der Waals surface area contributed by atoms with Crippen LogP contribution < -0.4 is 15.8 Å². The first-order chi connectivity index (χ1) is 20.1. The molecule has 0 spiro atoms. The van der Waals surface area contributed by atoms with Gasteiger partial charge in [-0.1, -0.05) is 54.6 Å². The van der Waals surface area contributed by atoms with Gasteiger partial charge < -0.3 is 15.3 Å². The molecule has 0 bridgehead atoms. The maximum atomic E-state index is 14.4. The molecule has 1 saturated heterocycles. The van der Waals surface area contributed by atoms with Gasteiger partial charge in [0.1, 0.15) is 16.8 Å². The molecule has 218 valence electrons. The number of aromatic nitrogens is 1. The predicted octanol–water partition coefficient (Wildman–Crippen LogP) is 5.27. The third-order valence-corrected chi connectivity index (χ3v) is 8.90. The summed E-state index contributed by atoms with van der Waals surface area (Å²) in [6, 6.07) is 17.6. The Kier molecular flexibility index (Phi) is 7.50. The Hall–Kier alpha value is -3.80. The third kappa shape index (κ3) is 5.16. The normalized spacial score (nSPS) is 17.8. The van der Waals surface area contributed by atoms with Crippen LogP contribution >= 0.6 is 11.9 Å². The number of aliphatic carboxylic acids is 1. The van der Waals surface area contributed by atoms with E-state index in [1.807, 2.05) is 47.4 Å². The van der Waals surface area contributed by atoms with Gasteiger partial charge in [-0.3, -0.25) is 9.36 Å². The van der Waals surface area contributed by atoms with E-state index < -0.39 is 29.3 Å². The Bertz CT molecular complexity index is 1730. The fourth-order valence-corrected chi connectivity index (χ4v) is 7.09. The standard InChI is InChI=1S/C31H29F3N4O3S/c1-36-18-25(30(40)41)38-28(39)27(37-14-12-35-13-15-37)24(17-20-8-4-7-19-6-2-3-11-23(19)20)26(29(38)42-36)21-9-5-10-22(16-21)31(32,33)34/h2-11,16,25,35H,12-15,17-18H2,1H3,(H,40,41). The molecule has 3 aromatic carbocycles. The number of halogens is 3. The van der Waals surface area contributed by atoms with Crippen LogP contribution in [0.3, 0.4) is 0 Å². The van der Waals surface area contributed by atoms with Crippen molar-refractivity contribution in [1.29, 1.82) is 0 Å². The van der Waals surface area contributed by atoms with Gasteiger partial charge in [-0.2, -0.15) is 13.2 Å². The number of likely N-dealkylation sites (N-methyl/N-ethyl adjacent to an activating group) is 1. The lowest BCUT2D eigenvalue weighted by Crippen LogP contribution is -2.48. The second-order valence-corrected chi connectivity index (χ2v) is 11.8. The van der Waals surface area contributed by atoms with E-state index in [0.29, 0.717) is 48.0 Å². The van der Waals surface area contributed by atoms with E-state index in [0.717, 1.165) is 28.5 Å². The van der Waals surface area contributed by atoms with E-state index in [1.165, 1.54) is 22.6 Å². The molecule has 2 N–H and O–H groups in total. The highest BCUT2D eigenvalue weighted by atomic mass is 32.2. The molecule has 7 nitrogen and oxygen atoms in total. The largest absolute Gasteiger partial charge is 0.480 e. The number of carbonyl (C=O) groups is 1. The van der Waals surface area contributed by atoms with Crippen molar-refractivity contribution in [3.8, 4) is 11.1 Å². The summed E-state index contributed by atoms with van der Waals surface area (Å²) in [7, 11) is 1.72. The SMILES string of the molecule is CN1CC(C(=O)O)n2c(c(-c3cccc(C(F)(F)F)c3)c(Cc3cccc4ccccc34)c(N3CCNCC3)c2=O)S1. The van der Waals surface area contributed by atoms with Crippen molar-refractivity contribution in [2.75, 3.05) is 44.7 Å². The average Bonchev–Trinajstić information content (AvgIpc) is 2.97. The highest BCUT2D eigenvalue weighted by Crippen LogP contribution is 2.44. The van der Waals surface area contributed by atoms with Crippen LogP contribution in [0.2, 0.25) is 0 Å². The third-order valence-electron chi connectivity index (χ3n) is 7.87. The Morgan fingerprint density at radius 1 is 1.05 bits per heavy atom. The lowest BCUT2D eigenvalue weighted by molar-refractivity contribution is -0.141. The maximum absolute atomic E-state index is 14.4. The van der Waals surface area contributed by atoms with Crippen LogP contribution in [0.5, 0.6) is 0 Å². The minimum Gasteiger partial charge on any atom is -0.480 e. The quantitative estimate of drug-likeness (QED) is 0.305. The van der Waals surface area contributed by atoms with Crippen LogP contribution in [0.1, 0.15) is 22.7 Å². The molecule has 1 unspecified atom stereocenters. The number of anilines is 1. The van der Waals surface area contributed by atoms with Gasteiger partial charge in [0.2, 0.25) is 0 Å². The van der Waals surface area contributed by atoms with Gasteiger partial charge in [-0.25, -0.2) is 9.10 Å². The molecule has 0 radical (unpaired) electrons. The zero-order chi connectivity index (χ0) is 29.6. The Morgan fingerprint density at radius 3 is 2.50 bits per heavy atom. The second-order valence-electron chi connectivity index (χ2n) is 10.6. The molecular weight excluding hydrogens is 565 g/mol. The fourth-order valence-electron chi connectivity index (χ4n) is 5.95. The maximum Gasteiger partial charge on any atom is 0.416 e. The van der Waals surface area contributed by atoms with Crippen molar-refractivity contribution < 1.29 is 23.1 Å². The van der Waals surface area contributed by atoms with Gasteiger partial charge in [-0.15, -0.1) is 0 Å². The summed E-state index contributed by atoms with van der Waals surface area (Å²) < 4.78 is 44.8. The number of carboxylic acids is 1. The molecule has 0 amide bonds. The van der Waals surface area contributed by atoms with Crippen LogP contribution in [0, 0.1) is 0 Å². The number of hydrogen-bond acceptors (Lipinski definition) is 6. The summed E-state index contributed by atoms with van der Waals surface area (Å²) in [5, 5.41) is 15.8. The molecule has 1 atom stereocenters. The summed E-state index contributed by atoms with van der Waals surface area (Å²) in [5.41, 5.74) is 1.34. The molecule has 0 saturated carbocycles. The predicted molar refractivity (Wildman–Crippen MR) is 158 cm³/mol. The van der Waals surface area contributed by atoms with Gasteiger partial charge >= 0.3 is 12.1 Å². The topological polar surface area (TPSA) is 77.8 Å². The van der Waals surface area contributed by atoms with E-state index in [1.54, 1.807) is 17.4 Å². The smallest absolute Gasteiger partial charge is 0.416 e. The molecular formula is C31H29F3N4O3S. The first-order valence-electron chi connectivity index (χ1n) is 13.7. The monoisotopic (exact) mass is 594 g/mol. The number of fused-ring (bicyclic) bond motifs is 2. The highest BCUT2D eigenvalue weighted by Gasteiger charge is 2.38. The number of rotatable bonds is 5. The number of piperazine rings is 1. The number of alkyl halides is 3. The number of nitrogens with zero attached hydrogens (tertiary/aromatic N) is 3. The molecule has 6 rings (SSSR count). The summed E-state index contributed by atoms with van der Waals surface area (Å²) in [6.45, 7) is 2.31. The lowest BCUT2D eigenvalue weighted by atomic mass is 9.91. The van der Waals surface area contributed by atoms with Gasteiger partial charge in [0.05, 0.1) is 5.56 Å². The summed E-state index contributed by atoms with van der Waals surface area (Å²) in [4.78, 5) is 28.9. The lowest BCUT2D eigenvalue weighted by Gasteiger charge is -2.37. The molecule has 1 aromatic heterocycles. The molecule has 3 heterocycles. The van der Waals surface area contributed by atoms with Crippen LogP contribution in [0.25, 0.3) is 21.9 Å². The first-order valence-corrected chi connectivity index (χ1v) is 14.4. The molecule has 1 fully saturated rings. The molecule has 4 aromatic rings. The number of pyridine rings is 1. The molecule has 2 aliphatic rings. The number of benzene rings is 3. The zero-order valence-corrected chi connectivity index (χ0v) is 23.6. The van der Waals surface area contributed by atoms with E-state index in [-0.39, 0.29) is 18.5 Å². The Morgan fingerprint density at radius 2 is 1.76 bits per heavy atom. The number of carboxylic acid groups (broad SMARTS) is 1. The first kappa shape index (κ1) is 28.3. The van der Waals surface area contributed by atoms with Gasteiger partial charge in [0.25, 0.3) is 5.56 Å². The van der Waals surface area contributed by atoms with Crippen molar-refractivity contribution >= 4 is 34.4 Å². The van der Waals surface area contributed by atoms with Gasteiger partial charge in [0, 0.05) is 44.7 Å². The minimum atomic E-state index is -4.58. The molecule has 11 heteroatoms. The van der Waals surface area contributed by atoms with Crippen molar-refractivity contribution in [3.05, 3.63) is 93.8 Å². The fraction of sp³-hybridized carbons (Fsp3) is 0.290. The summed E-state index contributed by atoms with van der Waals surface area (Å²) in [5.74, 6) is -1.17. The van der Waals surface area contributed by atoms with Crippen LogP contribution in [0.15, 0.2) is 76.6 Å². The van der Waals surface area contributed by atoms with Crippen molar-refractivity contribution in [3.63, 3.8) is 0 Å². The van der Waals surface area contributed by atoms with Crippen LogP contribution in [-0.2, 0) is 17.4 Å². The summed E-state index contributed by atoms with van der Waals surface area (Å²) in [6.07, 6.45) is -4.30. The number of nitrogens with one attached hydrogen (secondary N) is 1. The average molecular weight is 595 g/mol. The molecule has 0 aliphatic carbocycles. The minimum absolute atomic E-state index is 0.0681. The Labute approximate surface area is 244 Å². The summed E-state index contributed by atoms with van der Waals surface area (Å²) >= 11 is 1.19. The van der Waals surface area contributed by atoms with Gasteiger partial charge in [-0.05, 0) is 58.6 Å². The zero-order valence-electron chi connectivity index (χ0n) is 22.8.